The van der Waals surface area contributed by atoms with E-state index in [1.54, 1.807) is 0 Å². The lowest BCUT2D eigenvalue weighted by Crippen LogP contribution is -2.11. The van der Waals surface area contributed by atoms with E-state index in [4.69, 9.17) is 5.41 Å². The second kappa shape index (κ2) is 2.88. The van der Waals surface area contributed by atoms with Crippen molar-refractivity contribution in [1.29, 1.82) is 5.41 Å². The molecule has 1 aromatic rings. The minimum absolute atomic E-state index is 0.329. The van der Waals surface area contributed by atoms with Crippen LogP contribution in [0.25, 0.3) is 0 Å². The Hall–Kier alpha value is -1.46. The van der Waals surface area contributed by atoms with Crippen molar-refractivity contribution in [1.82, 2.24) is 9.97 Å². The molecule has 1 aromatic heterocycles. The summed E-state index contributed by atoms with van der Waals surface area (Å²) < 4.78 is 36.1. The Balaban J connectivity index is 3.23. The fourth-order valence-electron chi connectivity index (χ4n) is 0.683. The number of nitrogens with zero attached hydrogens (tertiary/aromatic N) is 2. The van der Waals surface area contributed by atoms with Gasteiger partial charge in [-0.15, -0.1) is 0 Å². The van der Waals surface area contributed by atoms with E-state index in [-0.39, 0.29) is 5.56 Å². The summed E-state index contributed by atoms with van der Waals surface area (Å²) in [5, 5.41) is 6.66. The van der Waals surface area contributed by atoms with Crippen LogP contribution in [0.2, 0.25) is 0 Å². The Bertz CT molecular complexity index is 294. The molecule has 3 nitrogen and oxygen atoms in total. The van der Waals surface area contributed by atoms with Crippen LogP contribution in [-0.4, -0.2) is 16.2 Å². The molecule has 0 radical (unpaired) electrons. The number of hydrogen-bond donors (Lipinski definition) is 1. The average Bonchev–Trinajstić information content (AvgIpc) is 2.03. The Morgan fingerprint density at radius 2 is 2.08 bits per heavy atom. The van der Waals surface area contributed by atoms with Crippen LogP contribution in [0.4, 0.5) is 13.2 Å². The monoisotopic (exact) mass is 175 g/mol. The fraction of sp³-hybridized carbons (Fsp3) is 0.167. The molecule has 0 saturated carbocycles. The SMILES string of the molecule is N=Cc1cncnc1C(F)(F)F. The number of rotatable bonds is 1. The van der Waals surface area contributed by atoms with E-state index in [0.717, 1.165) is 12.5 Å². The third-order valence-electron chi connectivity index (χ3n) is 1.16. The first-order valence-corrected chi connectivity index (χ1v) is 2.93. The van der Waals surface area contributed by atoms with Gasteiger partial charge in [0.2, 0.25) is 0 Å². The van der Waals surface area contributed by atoms with Gasteiger partial charge in [-0.1, -0.05) is 0 Å². The second-order valence-corrected chi connectivity index (χ2v) is 1.97. The van der Waals surface area contributed by atoms with Crippen LogP contribution < -0.4 is 0 Å². The molecule has 0 aliphatic heterocycles. The predicted octanol–water partition coefficient (Wildman–Crippen LogP) is 1.49. The zero-order chi connectivity index (χ0) is 9.19. The summed E-state index contributed by atoms with van der Waals surface area (Å²) >= 11 is 0. The van der Waals surface area contributed by atoms with E-state index in [2.05, 4.69) is 9.97 Å². The lowest BCUT2D eigenvalue weighted by atomic mass is 10.2. The molecular weight excluding hydrogens is 171 g/mol. The van der Waals surface area contributed by atoms with Gasteiger partial charge >= 0.3 is 6.18 Å². The van der Waals surface area contributed by atoms with Crippen molar-refractivity contribution in [3.63, 3.8) is 0 Å². The van der Waals surface area contributed by atoms with E-state index < -0.39 is 11.9 Å². The molecule has 0 saturated heterocycles. The van der Waals surface area contributed by atoms with Crippen LogP contribution >= 0.6 is 0 Å². The zero-order valence-corrected chi connectivity index (χ0v) is 5.76. The first-order chi connectivity index (χ1) is 5.55. The summed E-state index contributed by atoms with van der Waals surface area (Å²) in [6.45, 7) is 0. The molecule has 0 amide bonds. The first kappa shape index (κ1) is 8.63. The highest BCUT2D eigenvalue weighted by atomic mass is 19.4. The third kappa shape index (κ3) is 1.58. The highest BCUT2D eigenvalue weighted by Gasteiger charge is 2.34. The molecule has 0 atom stereocenters. The topological polar surface area (TPSA) is 49.6 Å². The number of aromatic nitrogens is 2. The summed E-state index contributed by atoms with van der Waals surface area (Å²) in [4.78, 5) is 6.40. The summed E-state index contributed by atoms with van der Waals surface area (Å²) in [7, 11) is 0. The summed E-state index contributed by atoms with van der Waals surface area (Å²) in [6.07, 6.45) is -2.20. The van der Waals surface area contributed by atoms with Gasteiger partial charge in [0.15, 0.2) is 5.69 Å². The normalized spacial score (nSPS) is 11.2. The van der Waals surface area contributed by atoms with Gasteiger partial charge < -0.3 is 5.41 Å². The molecule has 0 aromatic carbocycles. The van der Waals surface area contributed by atoms with Crippen molar-refractivity contribution in [3.8, 4) is 0 Å². The highest BCUT2D eigenvalue weighted by Crippen LogP contribution is 2.28. The van der Waals surface area contributed by atoms with Gasteiger partial charge in [-0.25, -0.2) is 9.97 Å². The second-order valence-electron chi connectivity index (χ2n) is 1.97. The maximum Gasteiger partial charge on any atom is 0.434 e. The summed E-state index contributed by atoms with van der Waals surface area (Å²) in [5.41, 5.74) is -1.41. The van der Waals surface area contributed by atoms with Crippen LogP contribution in [-0.2, 0) is 6.18 Å². The zero-order valence-electron chi connectivity index (χ0n) is 5.76. The number of alkyl halides is 3. The van der Waals surface area contributed by atoms with E-state index >= 15 is 0 Å². The van der Waals surface area contributed by atoms with Crippen molar-refractivity contribution in [3.05, 3.63) is 23.8 Å². The Kier molecular flexibility index (Phi) is 2.07. The molecule has 1 N–H and O–H groups in total. The lowest BCUT2D eigenvalue weighted by molar-refractivity contribution is -0.141. The molecule has 6 heteroatoms. The predicted molar refractivity (Wildman–Crippen MR) is 34.9 cm³/mol. The highest BCUT2D eigenvalue weighted by molar-refractivity contribution is 5.78. The van der Waals surface area contributed by atoms with Gasteiger partial charge in [0, 0.05) is 18.0 Å². The maximum absolute atomic E-state index is 12.0. The van der Waals surface area contributed by atoms with Crippen LogP contribution in [0.3, 0.4) is 0 Å². The van der Waals surface area contributed by atoms with Crippen LogP contribution in [0.5, 0.6) is 0 Å². The van der Waals surface area contributed by atoms with Crippen molar-refractivity contribution in [2.24, 2.45) is 0 Å². The van der Waals surface area contributed by atoms with Gasteiger partial charge in [-0.05, 0) is 0 Å². The molecule has 0 unspecified atom stereocenters. The number of hydrogen-bond acceptors (Lipinski definition) is 3. The molecular formula is C6H4F3N3. The van der Waals surface area contributed by atoms with Crippen molar-refractivity contribution in [2.75, 3.05) is 0 Å². The van der Waals surface area contributed by atoms with Gasteiger partial charge in [-0.3, -0.25) is 0 Å². The van der Waals surface area contributed by atoms with Gasteiger partial charge in [0.25, 0.3) is 0 Å². The maximum atomic E-state index is 12.0. The first-order valence-electron chi connectivity index (χ1n) is 2.93. The van der Waals surface area contributed by atoms with E-state index in [1.165, 1.54) is 0 Å². The molecule has 1 rings (SSSR count). The van der Waals surface area contributed by atoms with Gasteiger partial charge in [-0.2, -0.15) is 13.2 Å². The fourth-order valence-corrected chi connectivity index (χ4v) is 0.683. The van der Waals surface area contributed by atoms with Crippen LogP contribution in [0.15, 0.2) is 12.5 Å². The number of nitrogens with one attached hydrogen (secondary N) is 1. The van der Waals surface area contributed by atoms with Crippen LogP contribution in [0, 0.1) is 5.41 Å². The van der Waals surface area contributed by atoms with Crippen molar-refractivity contribution in [2.45, 2.75) is 6.18 Å². The quantitative estimate of drug-likeness (QED) is 0.657. The Labute approximate surface area is 65.8 Å². The molecule has 0 spiro atoms. The summed E-state index contributed by atoms with van der Waals surface area (Å²) in [6, 6.07) is 0. The Morgan fingerprint density at radius 3 is 2.50 bits per heavy atom. The third-order valence-corrected chi connectivity index (χ3v) is 1.16. The standard InChI is InChI=1S/C6H4F3N3/c7-6(8,9)5-4(1-10)2-11-3-12-5/h1-3,10H. The van der Waals surface area contributed by atoms with Crippen molar-refractivity contribution >= 4 is 6.21 Å². The molecule has 0 bridgehead atoms. The lowest BCUT2D eigenvalue weighted by Gasteiger charge is -2.06. The largest absolute Gasteiger partial charge is 0.434 e. The minimum atomic E-state index is -4.52. The van der Waals surface area contributed by atoms with E-state index in [9.17, 15) is 13.2 Å². The van der Waals surface area contributed by atoms with Crippen molar-refractivity contribution < 1.29 is 13.2 Å². The van der Waals surface area contributed by atoms with E-state index in [1.807, 2.05) is 0 Å². The average molecular weight is 175 g/mol. The van der Waals surface area contributed by atoms with E-state index in [0.29, 0.717) is 6.21 Å². The molecule has 64 valence electrons. The molecule has 1 heterocycles. The molecule has 12 heavy (non-hydrogen) atoms. The van der Waals surface area contributed by atoms with Crippen LogP contribution in [0.1, 0.15) is 11.3 Å². The molecule has 0 aliphatic rings. The molecule has 0 fully saturated rings. The van der Waals surface area contributed by atoms with Gasteiger partial charge in [0.05, 0.1) is 0 Å². The van der Waals surface area contributed by atoms with Gasteiger partial charge in [0.1, 0.15) is 6.33 Å². The minimum Gasteiger partial charge on any atom is -0.308 e. The number of halogens is 3. The summed E-state index contributed by atoms with van der Waals surface area (Å²) in [5.74, 6) is 0. The molecule has 0 aliphatic carbocycles. The Morgan fingerprint density at radius 1 is 1.42 bits per heavy atom. The smallest absolute Gasteiger partial charge is 0.308 e.